The van der Waals surface area contributed by atoms with Gasteiger partial charge in [0.15, 0.2) is 0 Å². The molecule has 192 valence electrons. The number of sulfonamides is 1. The van der Waals surface area contributed by atoms with Crippen molar-refractivity contribution in [1.29, 1.82) is 0 Å². The van der Waals surface area contributed by atoms with Crippen molar-refractivity contribution in [2.75, 3.05) is 23.7 Å². The number of unbranched alkanes of at least 4 members (excludes halogenated alkanes) is 1. The number of rotatable bonds is 12. The zero-order chi connectivity index (χ0) is 26.2. The molecule has 2 aromatic rings. The van der Waals surface area contributed by atoms with Crippen molar-refractivity contribution in [3.8, 4) is 0 Å². The zero-order valence-corrected chi connectivity index (χ0v) is 23.5. The van der Waals surface area contributed by atoms with Gasteiger partial charge in [-0.1, -0.05) is 67.4 Å². The summed E-state index contributed by atoms with van der Waals surface area (Å²) in [6, 6.07) is 13.8. The van der Waals surface area contributed by atoms with Crippen LogP contribution in [-0.2, 0) is 26.2 Å². The van der Waals surface area contributed by atoms with Crippen molar-refractivity contribution < 1.29 is 18.0 Å². The lowest BCUT2D eigenvalue weighted by molar-refractivity contribution is -0.139. The normalized spacial score (nSPS) is 12.3. The summed E-state index contributed by atoms with van der Waals surface area (Å²) in [4.78, 5) is 27.8. The Balaban J connectivity index is 2.34. The summed E-state index contributed by atoms with van der Waals surface area (Å²) >= 11 is 3.40. The average molecular weight is 567 g/mol. The third kappa shape index (κ3) is 8.65. The first-order chi connectivity index (χ1) is 16.4. The molecule has 0 aliphatic heterocycles. The number of nitrogens with one attached hydrogen (secondary N) is 1. The largest absolute Gasteiger partial charge is 0.354 e. The first-order valence-electron chi connectivity index (χ1n) is 11.8. The molecule has 0 saturated carbocycles. The Kier molecular flexibility index (Phi) is 10.8. The fraction of sp³-hybridized carbons (Fsp3) is 0.462. The molecule has 0 aromatic heterocycles. The molecule has 7 nitrogen and oxygen atoms in total. The first kappa shape index (κ1) is 28.8. The predicted molar refractivity (Wildman–Crippen MR) is 145 cm³/mol. The Morgan fingerprint density at radius 3 is 2.11 bits per heavy atom. The highest BCUT2D eigenvalue weighted by Gasteiger charge is 2.30. The third-order valence-corrected chi connectivity index (χ3v) is 7.46. The van der Waals surface area contributed by atoms with Gasteiger partial charge in [0.2, 0.25) is 21.8 Å². The predicted octanol–water partition coefficient (Wildman–Crippen LogP) is 4.67. The minimum atomic E-state index is -3.74. The van der Waals surface area contributed by atoms with Crippen LogP contribution < -0.4 is 9.62 Å². The SMILES string of the molecule is CCCCNC(=O)[C@H](C)N(Cc1ccc(Br)cc1)C(=O)CN(c1ccc(C(C)C)cc1)S(C)(=O)=O. The second kappa shape index (κ2) is 13.1. The van der Waals surface area contributed by atoms with Crippen molar-refractivity contribution >= 4 is 43.5 Å². The molecule has 0 bridgehead atoms. The average Bonchev–Trinajstić information content (AvgIpc) is 2.81. The Labute approximate surface area is 218 Å². The summed E-state index contributed by atoms with van der Waals surface area (Å²) in [6.07, 6.45) is 2.86. The second-order valence-electron chi connectivity index (χ2n) is 8.98. The zero-order valence-electron chi connectivity index (χ0n) is 21.1. The highest BCUT2D eigenvalue weighted by molar-refractivity contribution is 9.10. The summed E-state index contributed by atoms with van der Waals surface area (Å²) < 4.78 is 27.3. The molecule has 0 fully saturated rings. The van der Waals surface area contributed by atoms with E-state index in [9.17, 15) is 18.0 Å². The lowest BCUT2D eigenvalue weighted by Crippen LogP contribution is -2.51. The van der Waals surface area contributed by atoms with Gasteiger partial charge in [-0.05, 0) is 54.7 Å². The van der Waals surface area contributed by atoms with E-state index in [0.717, 1.165) is 39.0 Å². The van der Waals surface area contributed by atoms with Gasteiger partial charge >= 0.3 is 0 Å². The molecule has 2 amide bonds. The molecule has 0 unspecified atom stereocenters. The van der Waals surface area contributed by atoms with Gasteiger partial charge in [-0.2, -0.15) is 0 Å². The Hall–Kier alpha value is -2.39. The smallest absolute Gasteiger partial charge is 0.244 e. The fourth-order valence-corrected chi connectivity index (χ4v) is 4.66. The van der Waals surface area contributed by atoms with Gasteiger partial charge < -0.3 is 10.2 Å². The summed E-state index contributed by atoms with van der Waals surface area (Å²) in [5.74, 6) is -0.425. The molecule has 2 aromatic carbocycles. The molecule has 0 heterocycles. The highest BCUT2D eigenvalue weighted by Crippen LogP contribution is 2.23. The van der Waals surface area contributed by atoms with Gasteiger partial charge in [0, 0.05) is 17.6 Å². The quantitative estimate of drug-likeness (QED) is 0.379. The molecule has 0 saturated heterocycles. The molecule has 1 atom stereocenters. The molecule has 0 radical (unpaired) electrons. The van der Waals surface area contributed by atoms with Gasteiger partial charge in [-0.15, -0.1) is 0 Å². The van der Waals surface area contributed by atoms with Gasteiger partial charge in [-0.3, -0.25) is 13.9 Å². The van der Waals surface area contributed by atoms with Gasteiger partial charge in [0.05, 0.1) is 11.9 Å². The molecular weight excluding hydrogens is 530 g/mol. The van der Waals surface area contributed by atoms with Crippen molar-refractivity contribution in [2.45, 2.75) is 59.0 Å². The van der Waals surface area contributed by atoms with E-state index in [-0.39, 0.29) is 12.5 Å². The van der Waals surface area contributed by atoms with E-state index < -0.39 is 28.5 Å². The van der Waals surface area contributed by atoms with Crippen LogP contribution in [0.1, 0.15) is 57.6 Å². The monoisotopic (exact) mass is 565 g/mol. The van der Waals surface area contributed by atoms with E-state index in [4.69, 9.17) is 0 Å². The van der Waals surface area contributed by atoms with Crippen LogP contribution in [0.15, 0.2) is 53.0 Å². The van der Waals surface area contributed by atoms with Crippen LogP contribution in [0, 0.1) is 0 Å². The number of carbonyl (C=O) groups excluding carboxylic acids is 2. The van der Waals surface area contributed by atoms with Gasteiger partial charge in [0.25, 0.3) is 0 Å². The first-order valence-corrected chi connectivity index (χ1v) is 14.5. The van der Waals surface area contributed by atoms with Gasteiger partial charge in [0.1, 0.15) is 12.6 Å². The Morgan fingerprint density at radius 1 is 1.00 bits per heavy atom. The number of hydrogen-bond acceptors (Lipinski definition) is 4. The minimum absolute atomic E-state index is 0.179. The summed E-state index contributed by atoms with van der Waals surface area (Å²) in [6.45, 7) is 8.12. The van der Waals surface area contributed by atoms with E-state index in [1.807, 2.05) is 43.3 Å². The standard InChI is InChI=1S/C26H36BrN3O4S/c1-6-7-16-28-26(32)20(4)29(17-21-8-12-23(27)13-9-21)25(31)18-30(35(5,33)34)24-14-10-22(11-15-24)19(2)3/h8-15,19-20H,6-7,16-18H2,1-5H3,(H,28,32)/t20-/m0/s1. The van der Waals surface area contributed by atoms with E-state index >= 15 is 0 Å². The topological polar surface area (TPSA) is 86.8 Å². The maximum atomic E-state index is 13.5. The van der Waals surface area contributed by atoms with Crippen LogP contribution in [0.3, 0.4) is 0 Å². The fourth-order valence-electron chi connectivity index (χ4n) is 3.54. The number of amides is 2. The molecule has 0 aliphatic rings. The van der Waals surface area contributed by atoms with Crippen molar-refractivity contribution in [2.24, 2.45) is 0 Å². The number of halogens is 1. The number of anilines is 1. The lowest BCUT2D eigenvalue weighted by Gasteiger charge is -2.31. The Bertz CT molecular complexity index is 1090. The molecule has 9 heteroatoms. The lowest BCUT2D eigenvalue weighted by atomic mass is 10.0. The van der Waals surface area contributed by atoms with Gasteiger partial charge in [-0.25, -0.2) is 8.42 Å². The third-order valence-electron chi connectivity index (χ3n) is 5.79. The maximum absolute atomic E-state index is 13.5. The van der Waals surface area contributed by atoms with E-state index in [1.165, 1.54) is 4.90 Å². The van der Waals surface area contributed by atoms with Crippen LogP contribution >= 0.6 is 15.9 Å². The van der Waals surface area contributed by atoms with E-state index in [1.54, 1.807) is 19.1 Å². The molecule has 0 aliphatic carbocycles. The van der Waals surface area contributed by atoms with E-state index in [0.29, 0.717) is 18.2 Å². The molecule has 1 N–H and O–H groups in total. The molecule has 0 spiro atoms. The van der Waals surface area contributed by atoms with Crippen molar-refractivity contribution in [3.63, 3.8) is 0 Å². The number of nitrogens with zero attached hydrogens (tertiary/aromatic N) is 2. The second-order valence-corrected chi connectivity index (χ2v) is 11.8. The summed E-state index contributed by atoms with van der Waals surface area (Å²) in [7, 11) is -3.74. The van der Waals surface area contributed by atoms with Crippen LogP contribution in [-0.4, -0.2) is 50.5 Å². The summed E-state index contributed by atoms with van der Waals surface area (Å²) in [5, 5.41) is 2.87. The number of hydrogen-bond donors (Lipinski definition) is 1. The summed E-state index contributed by atoms with van der Waals surface area (Å²) in [5.41, 5.74) is 2.32. The van der Waals surface area contributed by atoms with Crippen LogP contribution in [0.4, 0.5) is 5.69 Å². The molecular formula is C26H36BrN3O4S. The van der Waals surface area contributed by atoms with Crippen LogP contribution in [0.25, 0.3) is 0 Å². The van der Waals surface area contributed by atoms with Crippen molar-refractivity contribution in [3.05, 3.63) is 64.1 Å². The van der Waals surface area contributed by atoms with Crippen molar-refractivity contribution in [1.82, 2.24) is 10.2 Å². The Morgan fingerprint density at radius 2 is 1.60 bits per heavy atom. The highest BCUT2D eigenvalue weighted by atomic mass is 79.9. The number of carbonyl (C=O) groups is 2. The molecule has 2 rings (SSSR count). The van der Waals surface area contributed by atoms with Crippen LogP contribution in [0.5, 0.6) is 0 Å². The minimum Gasteiger partial charge on any atom is -0.354 e. The van der Waals surface area contributed by atoms with E-state index in [2.05, 4.69) is 35.1 Å². The number of benzene rings is 2. The van der Waals surface area contributed by atoms with Crippen LogP contribution in [0.2, 0.25) is 0 Å². The molecule has 35 heavy (non-hydrogen) atoms. The maximum Gasteiger partial charge on any atom is 0.244 e.